The molecule has 2 N–H and O–H groups in total. The van der Waals surface area contributed by atoms with Gasteiger partial charge in [0.05, 0.1) is 11.8 Å². The minimum atomic E-state index is -1.07. The van der Waals surface area contributed by atoms with Crippen molar-refractivity contribution in [2.75, 3.05) is 13.1 Å². The molecule has 0 aliphatic carbocycles. The number of piperazine rings is 1. The molecule has 21 heavy (non-hydrogen) atoms. The summed E-state index contributed by atoms with van der Waals surface area (Å²) in [7, 11) is 0. The number of rotatable bonds is 3. The third-order valence-electron chi connectivity index (χ3n) is 3.67. The van der Waals surface area contributed by atoms with E-state index in [9.17, 15) is 14.4 Å². The fourth-order valence-corrected chi connectivity index (χ4v) is 2.44. The van der Waals surface area contributed by atoms with E-state index in [0.29, 0.717) is 18.7 Å². The number of nitrogens with one attached hydrogen (secondary N) is 1. The predicted octanol–water partition coefficient (Wildman–Crippen LogP) is 0.566. The topological polar surface area (TPSA) is 99.8 Å². The summed E-state index contributed by atoms with van der Waals surface area (Å²) in [5.74, 6) is -1.57. The van der Waals surface area contributed by atoms with Crippen molar-refractivity contribution >= 4 is 17.8 Å². The van der Waals surface area contributed by atoms with Crippen LogP contribution in [0, 0.1) is 6.92 Å². The van der Waals surface area contributed by atoms with Crippen LogP contribution in [0.3, 0.4) is 0 Å². The van der Waals surface area contributed by atoms with Crippen molar-refractivity contribution in [3.05, 3.63) is 23.2 Å². The lowest BCUT2D eigenvalue weighted by Gasteiger charge is -2.41. The van der Waals surface area contributed by atoms with Gasteiger partial charge in [0, 0.05) is 18.7 Å². The Balaban J connectivity index is 2.38. The monoisotopic (exact) mass is 294 g/mol. The van der Waals surface area contributed by atoms with E-state index in [2.05, 4.69) is 5.32 Å². The molecule has 0 saturated carbocycles. The van der Waals surface area contributed by atoms with Crippen LogP contribution in [0.1, 0.15) is 35.5 Å². The molecular weight excluding hydrogens is 276 g/mol. The van der Waals surface area contributed by atoms with Crippen LogP contribution in [0.2, 0.25) is 0 Å². The Morgan fingerprint density at radius 2 is 2.14 bits per heavy atom. The average Bonchev–Trinajstić information content (AvgIpc) is 2.72. The van der Waals surface area contributed by atoms with E-state index < -0.39 is 11.5 Å². The summed E-state index contributed by atoms with van der Waals surface area (Å²) in [5, 5.41) is 11.6. The third kappa shape index (κ3) is 2.63. The Morgan fingerprint density at radius 3 is 2.76 bits per heavy atom. The van der Waals surface area contributed by atoms with Gasteiger partial charge in [0.2, 0.25) is 5.91 Å². The molecule has 0 aromatic carbocycles. The molecule has 1 fully saturated rings. The predicted molar refractivity (Wildman–Crippen MR) is 72.9 cm³/mol. The van der Waals surface area contributed by atoms with E-state index in [1.807, 2.05) is 0 Å². The van der Waals surface area contributed by atoms with E-state index in [4.69, 9.17) is 9.52 Å². The second-order valence-corrected chi connectivity index (χ2v) is 5.56. The first-order chi connectivity index (χ1) is 9.75. The molecule has 2 heterocycles. The van der Waals surface area contributed by atoms with Crippen molar-refractivity contribution < 1.29 is 23.9 Å². The molecule has 1 aromatic rings. The Kier molecular flexibility index (Phi) is 3.76. The molecule has 114 valence electrons. The summed E-state index contributed by atoms with van der Waals surface area (Å²) in [6.07, 6.45) is 0.998. The van der Waals surface area contributed by atoms with Gasteiger partial charge in [-0.3, -0.25) is 14.4 Å². The normalized spacial score (nSPS) is 17.5. The van der Waals surface area contributed by atoms with Crippen LogP contribution >= 0.6 is 0 Å². The van der Waals surface area contributed by atoms with Crippen LogP contribution < -0.4 is 5.32 Å². The summed E-state index contributed by atoms with van der Waals surface area (Å²) in [5.41, 5.74) is -0.183. The van der Waals surface area contributed by atoms with Crippen molar-refractivity contribution in [1.82, 2.24) is 10.2 Å². The quantitative estimate of drug-likeness (QED) is 0.848. The molecule has 0 radical (unpaired) electrons. The van der Waals surface area contributed by atoms with Crippen LogP contribution in [-0.2, 0) is 16.0 Å². The number of amides is 2. The van der Waals surface area contributed by atoms with Crippen molar-refractivity contribution in [1.29, 1.82) is 0 Å². The Hall–Kier alpha value is -2.31. The lowest BCUT2D eigenvalue weighted by molar-refractivity contribution is -0.136. The smallest absolute Gasteiger partial charge is 0.311 e. The van der Waals surface area contributed by atoms with Crippen LogP contribution in [0.25, 0.3) is 0 Å². The van der Waals surface area contributed by atoms with Gasteiger partial charge in [-0.05, 0) is 20.8 Å². The summed E-state index contributed by atoms with van der Waals surface area (Å²) in [6, 6.07) is 0. The molecule has 1 aliphatic heterocycles. The van der Waals surface area contributed by atoms with Crippen LogP contribution in [0.5, 0.6) is 0 Å². The number of carboxylic acids is 1. The van der Waals surface area contributed by atoms with Crippen molar-refractivity contribution in [2.24, 2.45) is 0 Å². The third-order valence-corrected chi connectivity index (χ3v) is 3.67. The number of carbonyl (C=O) groups is 3. The number of carbonyl (C=O) groups excluding carboxylic acids is 2. The van der Waals surface area contributed by atoms with Crippen molar-refractivity contribution in [3.63, 3.8) is 0 Å². The molecule has 2 rings (SSSR count). The number of aryl methyl sites for hydroxylation is 1. The molecule has 1 aliphatic rings. The molecule has 7 heteroatoms. The van der Waals surface area contributed by atoms with E-state index in [1.165, 1.54) is 11.2 Å². The molecule has 2 amide bonds. The van der Waals surface area contributed by atoms with Gasteiger partial charge in [-0.2, -0.15) is 0 Å². The fraction of sp³-hybridized carbons (Fsp3) is 0.500. The maximum atomic E-state index is 12.7. The highest BCUT2D eigenvalue weighted by Gasteiger charge is 2.42. The van der Waals surface area contributed by atoms with Crippen LogP contribution in [-0.4, -0.2) is 46.4 Å². The maximum Gasteiger partial charge on any atom is 0.311 e. The standard InChI is InChI=1S/C14H18N2O5/c1-8-7-21-9(6-10(17)18)11(8)12(19)16-5-4-15-13(20)14(16,2)3/h7H,4-6H2,1-3H3,(H,15,20)(H,17,18). The van der Waals surface area contributed by atoms with E-state index in [1.54, 1.807) is 20.8 Å². The highest BCUT2D eigenvalue weighted by atomic mass is 16.4. The van der Waals surface area contributed by atoms with Crippen LogP contribution in [0.4, 0.5) is 0 Å². The molecule has 1 saturated heterocycles. The average molecular weight is 294 g/mol. The minimum Gasteiger partial charge on any atom is -0.481 e. The minimum absolute atomic E-state index is 0.117. The maximum absolute atomic E-state index is 12.7. The van der Waals surface area contributed by atoms with Gasteiger partial charge in [-0.15, -0.1) is 0 Å². The molecule has 0 spiro atoms. The zero-order valence-corrected chi connectivity index (χ0v) is 12.2. The number of nitrogens with zero attached hydrogens (tertiary/aromatic N) is 1. The van der Waals surface area contributed by atoms with E-state index in [-0.39, 0.29) is 29.6 Å². The first-order valence-corrected chi connectivity index (χ1v) is 6.64. The van der Waals surface area contributed by atoms with Crippen molar-refractivity contribution in [2.45, 2.75) is 32.7 Å². The number of carboxylic acid groups (broad SMARTS) is 1. The summed E-state index contributed by atoms with van der Waals surface area (Å²) in [6.45, 7) is 5.74. The highest BCUT2D eigenvalue weighted by Crippen LogP contribution is 2.25. The summed E-state index contributed by atoms with van der Waals surface area (Å²) in [4.78, 5) is 37.0. The Bertz CT molecular complexity index is 603. The molecular formula is C14H18N2O5. The Morgan fingerprint density at radius 1 is 1.48 bits per heavy atom. The number of furan rings is 1. The molecule has 0 atom stereocenters. The van der Waals surface area contributed by atoms with Crippen LogP contribution in [0.15, 0.2) is 10.7 Å². The van der Waals surface area contributed by atoms with Gasteiger partial charge in [-0.1, -0.05) is 0 Å². The number of aliphatic carboxylic acids is 1. The Labute approximate surface area is 121 Å². The molecule has 1 aromatic heterocycles. The summed E-state index contributed by atoms with van der Waals surface area (Å²) < 4.78 is 5.18. The fourth-order valence-electron chi connectivity index (χ4n) is 2.44. The zero-order chi connectivity index (χ0) is 15.8. The van der Waals surface area contributed by atoms with E-state index >= 15 is 0 Å². The van der Waals surface area contributed by atoms with Gasteiger partial charge in [-0.25, -0.2) is 0 Å². The lowest BCUT2D eigenvalue weighted by atomic mass is 9.96. The second kappa shape index (κ2) is 5.23. The van der Waals surface area contributed by atoms with Crippen molar-refractivity contribution in [3.8, 4) is 0 Å². The largest absolute Gasteiger partial charge is 0.481 e. The number of hydrogen-bond donors (Lipinski definition) is 2. The zero-order valence-electron chi connectivity index (χ0n) is 12.2. The molecule has 0 bridgehead atoms. The van der Waals surface area contributed by atoms with Gasteiger partial charge < -0.3 is 19.7 Å². The highest BCUT2D eigenvalue weighted by molar-refractivity contribution is 6.01. The summed E-state index contributed by atoms with van der Waals surface area (Å²) >= 11 is 0. The van der Waals surface area contributed by atoms with Gasteiger partial charge in [0.1, 0.15) is 17.7 Å². The first kappa shape index (κ1) is 15.1. The second-order valence-electron chi connectivity index (χ2n) is 5.56. The SMILES string of the molecule is Cc1coc(CC(=O)O)c1C(=O)N1CCNC(=O)C1(C)C. The molecule has 0 unspecified atom stereocenters. The number of hydrogen-bond acceptors (Lipinski definition) is 4. The van der Waals surface area contributed by atoms with Gasteiger partial charge in [0.25, 0.3) is 5.91 Å². The lowest BCUT2D eigenvalue weighted by Crippen LogP contribution is -2.63. The first-order valence-electron chi connectivity index (χ1n) is 6.64. The molecule has 7 nitrogen and oxygen atoms in total. The van der Waals surface area contributed by atoms with E-state index in [0.717, 1.165) is 0 Å². The van der Waals surface area contributed by atoms with Gasteiger partial charge >= 0.3 is 5.97 Å². The van der Waals surface area contributed by atoms with Gasteiger partial charge in [0.15, 0.2) is 0 Å².